The van der Waals surface area contributed by atoms with Crippen LogP contribution in [0.3, 0.4) is 0 Å². The van der Waals surface area contributed by atoms with Gasteiger partial charge in [0.15, 0.2) is 0 Å². The summed E-state index contributed by atoms with van der Waals surface area (Å²) >= 11 is 7.17. The van der Waals surface area contributed by atoms with Gasteiger partial charge in [-0.1, -0.05) is 15.9 Å². The van der Waals surface area contributed by atoms with E-state index in [1.165, 1.54) is 6.07 Å². The summed E-state index contributed by atoms with van der Waals surface area (Å²) in [6.45, 7) is 0. The first-order chi connectivity index (χ1) is 6.11. The maximum atomic E-state index is 11.1. The van der Waals surface area contributed by atoms with Gasteiger partial charge in [-0.25, -0.2) is 0 Å². The summed E-state index contributed by atoms with van der Waals surface area (Å²) in [5.74, 6) is 0.225. The summed E-state index contributed by atoms with van der Waals surface area (Å²) in [7, 11) is 0. The fraction of sp³-hybridized carbons (Fsp3) is 0.222. The molecule has 4 heteroatoms. The van der Waals surface area contributed by atoms with Crippen molar-refractivity contribution >= 4 is 34.3 Å². The van der Waals surface area contributed by atoms with Gasteiger partial charge in [0.25, 0.3) is 0 Å². The highest BCUT2D eigenvalue weighted by atomic mass is 79.9. The summed E-state index contributed by atoms with van der Waals surface area (Å²) in [5.41, 5.74) is 0.787. The Hall–Kier alpha value is -0.480. The van der Waals surface area contributed by atoms with E-state index in [2.05, 4.69) is 28.6 Å². The van der Waals surface area contributed by atoms with E-state index in [0.717, 1.165) is 5.56 Å². The molecule has 0 aliphatic rings. The number of carbonyl (C=O) groups excluding carboxylic acids is 1. The van der Waals surface area contributed by atoms with Crippen LogP contribution in [0.4, 0.5) is 0 Å². The Kier molecular flexibility index (Phi) is 3.81. The number of thiol groups is 1. The van der Waals surface area contributed by atoms with Crippen molar-refractivity contribution in [2.24, 2.45) is 0 Å². The first-order valence-electron chi connectivity index (χ1n) is 3.71. The number of carbonyl (C=O) groups is 1. The van der Waals surface area contributed by atoms with Gasteiger partial charge in [0.1, 0.15) is 11.5 Å². The van der Waals surface area contributed by atoms with E-state index in [9.17, 15) is 9.90 Å². The number of phenolic OH excluding ortho intramolecular Hbond substituents is 1. The number of phenols is 1. The Balaban J connectivity index is 2.83. The zero-order valence-electron chi connectivity index (χ0n) is 6.83. The van der Waals surface area contributed by atoms with Crippen molar-refractivity contribution in [1.29, 1.82) is 0 Å². The highest BCUT2D eigenvalue weighted by Gasteiger charge is 2.03. The smallest absolute Gasteiger partial charge is 0.147 e. The SMILES string of the molecule is O=C(CBr)Cc1cc(O)cc(S)c1. The van der Waals surface area contributed by atoms with Crippen LogP contribution >= 0.6 is 28.6 Å². The molecule has 2 nitrogen and oxygen atoms in total. The number of hydrogen-bond acceptors (Lipinski definition) is 3. The molecule has 0 aliphatic carbocycles. The number of aromatic hydroxyl groups is 1. The summed E-state index contributed by atoms with van der Waals surface area (Å²) in [4.78, 5) is 11.7. The zero-order valence-corrected chi connectivity index (χ0v) is 9.31. The summed E-state index contributed by atoms with van der Waals surface area (Å²) in [6.07, 6.45) is 0.327. The second kappa shape index (κ2) is 4.67. The van der Waals surface area contributed by atoms with Gasteiger partial charge in [0.2, 0.25) is 0 Å². The van der Waals surface area contributed by atoms with Crippen LogP contribution in [0.15, 0.2) is 23.1 Å². The number of halogens is 1. The number of benzene rings is 1. The van der Waals surface area contributed by atoms with Crippen LogP contribution in [0.1, 0.15) is 5.56 Å². The number of Topliss-reactive ketones (excluding diaryl/α,β-unsaturated/α-hetero) is 1. The van der Waals surface area contributed by atoms with Crippen molar-refractivity contribution in [2.75, 3.05) is 5.33 Å². The zero-order chi connectivity index (χ0) is 9.84. The molecule has 0 bridgehead atoms. The molecule has 0 unspecified atom stereocenters. The highest BCUT2D eigenvalue weighted by Crippen LogP contribution is 2.18. The lowest BCUT2D eigenvalue weighted by atomic mass is 10.1. The van der Waals surface area contributed by atoms with Gasteiger partial charge in [0, 0.05) is 11.3 Å². The van der Waals surface area contributed by atoms with Crippen molar-refractivity contribution < 1.29 is 9.90 Å². The molecule has 0 radical (unpaired) electrons. The van der Waals surface area contributed by atoms with Gasteiger partial charge < -0.3 is 5.11 Å². The molecular formula is C9H9BrO2S. The molecule has 0 saturated carbocycles. The Morgan fingerprint density at radius 1 is 1.46 bits per heavy atom. The van der Waals surface area contributed by atoms with Crippen molar-refractivity contribution in [3.8, 4) is 5.75 Å². The van der Waals surface area contributed by atoms with Crippen LogP contribution < -0.4 is 0 Å². The molecule has 0 aliphatic heterocycles. The fourth-order valence-electron chi connectivity index (χ4n) is 1.03. The summed E-state index contributed by atoms with van der Waals surface area (Å²) in [6, 6.07) is 4.87. The van der Waals surface area contributed by atoms with Crippen LogP contribution in [-0.2, 0) is 11.2 Å². The molecule has 1 aromatic rings. The van der Waals surface area contributed by atoms with Gasteiger partial charge in [0.05, 0.1) is 5.33 Å². The highest BCUT2D eigenvalue weighted by molar-refractivity contribution is 9.09. The quantitative estimate of drug-likeness (QED) is 0.646. The van der Waals surface area contributed by atoms with E-state index >= 15 is 0 Å². The minimum atomic E-state index is 0.0818. The molecule has 0 fully saturated rings. The van der Waals surface area contributed by atoms with Gasteiger partial charge in [-0.2, -0.15) is 0 Å². The van der Waals surface area contributed by atoms with Crippen LogP contribution in [0.2, 0.25) is 0 Å². The molecule has 1 N–H and O–H groups in total. The number of rotatable bonds is 3. The third-order valence-corrected chi connectivity index (χ3v) is 2.40. The minimum absolute atomic E-state index is 0.0818. The van der Waals surface area contributed by atoms with Crippen molar-refractivity contribution in [3.63, 3.8) is 0 Å². The molecule has 0 aromatic heterocycles. The van der Waals surface area contributed by atoms with Crippen LogP contribution in [0, 0.1) is 0 Å². The maximum absolute atomic E-state index is 11.1. The third kappa shape index (κ3) is 3.40. The lowest BCUT2D eigenvalue weighted by Gasteiger charge is -2.01. The second-order valence-corrected chi connectivity index (χ2v) is 3.78. The molecule has 0 spiro atoms. The average molecular weight is 261 g/mol. The molecule has 0 heterocycles. The first-order valence-corrected chi connectivity index (χ1v) is 5.28. The summed E-state index contributed by atoms with van der Waals surface area (Å²) < 4.78 is 0. The van der Waals surface area contributed by atoms with E-state index in [1.807, 2.05) is 0 Å². The fourth-order valence-corrected chi connectivity index (χ4v) is 1.53. The predicted octanol–water partition coefficient (Wildman–Crippen LogP) is 2.19. The molecular weight excluding hydrogens is 252 g/mol. The van der Waals surface area contributed by atoms with E-state index in [1.54, 1.807) is 12.1 Å². The Morgan fingerprint density at radius 3 is 2.69 bits per heavy atom. The lowest BCUT2D eigenvalue weighted by Crippen LogP contribution is -2.03. The van der Waals surface area contributed by atoms with Crippen LogP contribution in [0.25, 0.3) is 0 Å². The molecule has 0 amide bonds. The molecule has 0 saturated heterocycles. The predicted molar refractivity (Wildman–Crippen MR) is 57.9 cm³/mol. The Bertz CT molecular complexity index is 305. The second-order valence-electron chi connectivity index (χ2n) is 2.71. The molecule has 70 valence electrons. The Labute approximate surface area is 90.5 Å². The number of ketones is 1. The molecule has 1 rings (SSSR count). The van der Waals surface area contributed by atoms with E-state index < -0.39 is 0 Å². The monoisotopic (exact) mass is 260 g/mol. The van der Waals surface area contributed by atoms with Gasteiger partial charge in [-0.3, -0.25) is 4.79 Å². The molecule has 13 heavy (non-hydrogen) atoms. The Morgan fingerprint density at radius 2 is 2.15 bits per heavy atom. The molecule has 0 atom stereocenters. The van der Waals surface area contributed by atoms with Gasteiger partial charge in [-0.15, -0.1) is 12.6 Å². The summed E-state index contributed by atoms with van der Waals surface area (Å²) in [5, 5.41) is 9.55. The topological polar surface area (TPSA) is 37.3 Å². The van der Waals surface area contributed by atoms with E-state index in [0.29, 0.717) is 16.6 Å². The van der Waals surface area contributed by atoms with Crippen molar-refractivity contribution in [1.82, 2.24) is 0 Å². The molecule has 1 aromatic carbocycles. The number of hydrogen-bond donors (Lipinski definition) is 2. The van der Waals surface area contributed by atoms with Crippen molar-refractivity contribution in [3.05, 3.63) is 23.8 Å². The first kappa shape index (κ1) is 10.6. The van der Waals surface area contributed by atoms with Gasteiger partial charge in [-0.05, 0) is 23.8 Å². The maximum Gasteiger partial charge on any atom is 0.147 e. The van der Waals surface area contributed by atoms with Crippen molar-refractivity contribution in [2.45, 2.75) is 11.3 Å². The lowest BCUT2D eigenvalue weighted by molar-refractivity contribution is -0.115. The number of alkyl halides is 1. The van der Waals surface area contributed by atoms with Gasteiger partial charge >= 0.3 is 0 Å². The average Bonchev–Trinajstić information content (AvgIpc) is 2.02. The van der Waals surface area contributed by atoms with E-state index in [4.69, 9.17) is 0 Å². The minimum Gasteiger partial charge on any atom is -0.508 e. The van der Waals surface area contributed by atoms with Crippen LogP contribution in [0.5, 0.6) is 5.75 Å². The normalized spacial score (nSPS) is 10.0. The third-order valence-electron chi connectivity index (χ3n) is 1.51. The largest absolute Gasteiger partial charge is 0.508 e. The standard InChI is InChI=1S/C9H9BrO2S/c10-5-8(12)2-6-1-7(11)4-9(13)3-6/h1,3-4,11,13H,2,5H2. The van der Waals surface area contributed by atoms with E-state index in [-0.39, 0.29) is 11.5 Å². The van der Waals surface area contributed by atoms with Crippen LogP contribution in [-0.4, -0.2) is 16.2 Å².